The van der Waals surface area contributed by atoms with Crippen LogP contribution in [-0.2, 0) is 5.54 Å². The van der Waals surface area contributed by atoms with Crippen molar-refractivity contribution in [1.82, 2.24) is 4.90 Å². The van der Waals surface area contributed by atoms with Gasteiger partial charge in [0, 0.05) is 30.1 Å². The third-order valence-electron chi connectivity index (χ3n) is 5.35. The van der Waals surface area contributed by atoms with Crippen LogP contribution in [0.3, 0.4) is 0 Å². The van der Waals surface area contributed by atoms with Crippen LogP contribution < -0.4 is 5.73 Å². The van der Waals surface area contributed by atoms with Gasteiger partial charge in [0.15, 0.2) is 0 Å². The van der Waals surface area contributed by atoms with Gasteiger partial charge < -0.3 is 5.73 Å². The van der Waals surface area contributed by atoms with Gasteiger partial charge in [-0.25, -0.2) is 0 Å². The van der Waals surface area contributed by atoms with E-state index < -0.39 is 0 Å². The zero-order valence-electron chi connectivity index (χ0n) is 13.5. The number of hydrogen-bond acceptors (Lipinski definition) is 3. The molecule has 1 heterocycles. The fraction of sp³-hybridized carbons (Fsp3) is 0.667. The van der Waals surface area contributed by atoms with Crippen LogP contribution in [0.4, 0.5) is 0 Å². The van der Waals surface area contributed by atoms with Gasteiger partial charge in [0.1, 0.15) is 0 Å². The molecule has 0 aromatic heterocycles. The Morgan fingerprint density at radius 1 is 1.19 bits per heavy atom. The van der Waals surface area contributed by atoms with Gasteiger partial charge >= 0.3 is 0 Å². The average Bonchev–Trinajstić information content (AvgIpc) is 2.47. The van der Waals surface area contributed by atoms with E-state index in [1.807, 2.05) is 0 Å². The molecule has 3 rings (SSSR count). The van der Waals surface area contributed by atoms with Gasteiger partial charge in [-0.1, -0.05) is 45.0 Å². The van der Waals surface area contributed by atoms with Crippen molar-refractivity contribution in [2.45, 2.75) is 55.6 Å². The average molecular weight is 305 g/mol. The van der Waals surface area contributed by atoms with Gasteiger partial charge in [-0.05, 0) is 29.9 Å². The van der Waals surface area contributed by atoms with Crippen molar-refractivity contribution in [2.24, 2.45) is 5.73 Å². The molecule has 0 saturated carbocycles. The van der Waals surface area contributed by atoms with Gasteiger partial charge in [0.2, 0.25) is 0 Å². The summed E-state index contributed by atoms with van der Waals surface area (Å²) in [5, 5.41) is 1.40. The van der Waals surface area contributed by atoms with Crippen LogP contribution >= 0.6 is 11.8 Å². The summed E-state index contributed by atoms with van der Waals surface area (Å²) >= 11 is 2.12. The topological polar surface area (TPSA) is 29.3 Å². The second kappa shape index (κ2) is 5.94. The van der Waals surface area contributed by atoms with Crippen LogP contribution in [0.5, 0.6) is 0 Å². The Kier molecular flexibility index (Phi) is 4.35. The SMILES string of the molecule is CC1CN(C2(CN)CCC(C)c3ccccc32)CC(C)S1. The molecule has 4 unspecified atom stereocenters. The molecule has 4 atom stereocenters. The van der Waals surface area contributed by atoms with Crippen molar-refractivity contribution >= 4 is 11.8 Å². The lowest BCUT2D eigenvalue weighted by molar-refractivity contribution is 0.0690. The molecule has 0 spiro atoms. The number of thioether (sulfide) groups is 1. The van der Waals surface area contributed by atoms with Gasteiger partial charge in [0.25, 0.3) is 0 Å². The highest BCUT2D eigenvalue weighted by Gasteiger charge is 2.44. The Hall–Kier alpha value is -0.510. The summed E-state index contributed by atoms with van der Waals surface area (Å²) in [7, 11) is 0. The maximum absolute atomic E-state index is 6.37. The highest BCUT2D eigenvalue weighted by molar-refractivity contribution is 8.00. The fourth-order valence-electron chi connectivity index (χ4n) is 4.29. The van der Waals surface area contributed by atoms with Crippen molar-refractivity contribution in [3.8, 4) is 0 Å². The molecule has 2 N–H and O–H groups in total. The largest absolute Gasteiger partial charge is 0.328 e. The Morgan fingerprint density at radius 3 is 2.52 bits per heavy atom. The zero-order chi connectivity index (χ0) is 15.0. The Morgan fingerprint density at radius 2 is 1.86 bits per heavy atom. The third kappa shape index (κ3) is 2.64. The molecule has 2 aliphatic rings. The van der Waals surface area contributed by atoms with Gasteiger partial charge in [-0.3, -0.25) is 4.90 Å². The molecule has 1 saturated heterocycles. The minimum atomic E-state index is 0.0621. The number of hydrogen-bond donors (Lipinski definition) is 1. The van der Waals surface area contributed by atoms with Gasteiger partial charge in [0.05, 0.1) is 5.54 Å². The highest BCUT2D eigenvalue weighted by atomic mass is 32.2. The summed E-state index contributed by atoms with van der Waals surface area (Å²) in [5.41, 5.74) is 9.45. The second-order valence-electron chi connectivity index (χ2n) is 6.92. The van der Waals surface area contributed by atoms with Crippen molar-refractivity contribution in [3.63, 3.8) is 0 Å². The van der Waals surface area contributed by atoms with E-state index in [1.165, 1.54) is 24.0 Å². The monoisotopic (exact) mass is 304 g/mol. The molecule has 1 fully saturated rings. The molecule has 0 bridgehead atoms. The standard InChI is InChI=1S/C18H28N2S/c1-13-8-9-18(12-19,17-7-5-4-6-16(13)17)20-10-14(2)21-15(3)11-20/h4-7,13-15H,8-12,19H2,1-3H3. The summed E-state index contributed by atoms with van der Waals surface area (Å²) in [6.07, 6.45) is 2.45. The number of nitrogens with zero attached hydrogens (tertiary/aromatic N) is 1. The summed E-state index contributed by atoms with van der Waals surface area (Å²) in [6, 6.07) is 9.01. The molecular formula is C18H28N2S. The molecule has 0 amide bonds. The van der Waals surface area contributed by atoms with E-state index in [2.05, 4.69) is 61.7 Å². The predicted molar refractivity (Wildman–Crippen MR) is 92.9 cm³/mol. The van der Waals surface area contributed by atoms with Gasteiger partial charge in [-0.15, -0.1) is 0 Å². The number of rotatable bonds is 2. The van der Waals surface area contributed by atoms with E-state index >= 15 is 0 Å². The smallest absolute Gasteiger partial charge is 0.0587 e. The second-order valence-corrected chi connectivity index (χ2v) is 8.81. The normalized spacial score (nSPS) is 37.2. The van der Waals surface area contributed by atoms with Crippen LogP contribution in [0.25, 0.3) is 0 Å². The van der Waals surface area contributed by atoms with Crippen LogP contribution in [0.15, 0.2) is 24.3 Å². The first-order valence-corrected chi connectivity index (χ1v) is 9.21. The van der Waals surface area contributed by atoms with E-state index in [4.69, 9.17) is 5.73 Å². The first kappa shape index (κ1) is 15.4. The Balaban J connectivity index is 2.02. The molecule has 116 valence electrons. The maximum Gasteiger partial charge on any atom is 0.0587 e. The summed E-state index contributed by atoms with van der Waals surface area (Å²) < 4.78 is 0. The lowest BCUT2D eigenvalue weighted by Crippen LogP contribution is -2.58. The zero-order valence-corrected chi connectivity index (χ0v) is 14.3. The molecular weight excluding hydrogens is 276 g/mol. The number of fused-ring (bicyclic) bond motifs is 1. The van der Waals surface area contributed by atoms with Crippen molar-refractivity contribution < 1.29 is 0 Å². The van der Waals surface area contributed by atoms with Crippen molar-refractivity contribution in [1.29, 1.82) is 0 Å². The molecule has 21 heavy (non-hydrogen) atoms. The summed E-state index contributed by atoms with van der Waals surface area (Å²) in [4.78, 5) is 2.70. The van der Waals surface area contributed by atoms with Crippen LogP contribution in [0.2, 0.25) is 0 Å². The number of benzene rings is 1. The predicted octanol–water partition coefficient (Wildman–Crippen LogP) is 3.56. The van der Waals surface area contributed by atoms with Crippen LogP contribution in [0, 0.1) is 0 Å². The fourth-order valence-corrected chi connectivity index (χ4v) is 5.62. The minimum absolute atomic E-state index is 0.0621. The van der Waals surface area contributed by atoms with Crippen molar-refractivity contribution in [3.05, 3.63) is 35.4 Å². The summed E-state index contributed by atoms with van der Waals surface area (Å²) in [6.45, 7) is 10.1. The van der Waals surface area contributed by atoms with Crippen LogP contribution in [-0.4, -0.2) is 35.0 Å². The van der Waals surface area contributed by atoms with E-state index in [9.17, 15) is 0 Å². The molecule has 0 radical (unpaired) electrons. The van der Waals surface area contributed by atoms with E-state index in [0.29, 0.717) is 16.4 Å². The molecule has 1 aromatic carbocycles. The quantitative estimate of drug-likeness (QED) is 0.906. The van der Waals surface area contributed by atoms with E-state index in [1.54, 1.807) is 0 Å². The molecule has 2 nitrogen and oxygen atoms in total. The first-order valence-electron chi connectivity index (χ1n) is 8.27. The molecule has 1 aliphatic carbocycles. The minimum Gasteiger partial charge on any atom is -0.328 e. The maximum atomic E-state index is 6.37. The first-order chi connectivity index (χ1) is 10.1. The highest BCUT2D eigenvalue weighted by Crippen LogP contribution is 2.46. The van der Waals surface area contributed by atoms with E-state index in [0.717, 1.165) is 19.6 Å². The third-order valence-corrected chi connectivity index (χ3v) is 6.57. The lowest BCUT2D eigenvalue weighted by Gasteiger charge is -2.51. The Labute approximate surface area is 133 Å². The van der Waals surface area contributed by atoms with Gasteiger partial charge in [-0.2, -0.15) is 11.8 Å². The van der Waals surface area contributed by atoms with E-state index in [-0.39, 0.29) is 5.54 Å². The Bertz CT molecular complexity index is 494. The van der Waals surface area contributed by atoms with Crippen molar-refractivity contribution in [2.75, 3.05) is 19.6 Å². The molecule has 1 aliphatic heterocycles. The lowest BCUT2D eigenvalue weighted by atomic mass is 9.71. The molecule has 1 aromatic rings. The summed E-state index contributed by atoms with van der Waals surface area (Å²) in [5.74, 6) is 0.662. The van der Waals surface area contributed by atoms with Crippen LogP contribution in [0.1, 0.15) is 50.7 Å². The number of nitrogens with two attached hydrogens (primary N) is 1. The molecule has 3 heteroatoms.